The largest absolute Gasteiger partial charge is 0.490 e. The summed E-state index contributed by atoms with van der Waals surface area (Å²) in [6.07, 6.45) is 1.60. The molecule has 0 aliphatic carbocycles. The van der Waals surface area contributed by atoms with Gasteiger partial charge >= 0.3 is 0 Å². The molecule has 0 aliphatic heterocycles. The van der Waals surface area contributed by atoms with Crippen molar-refractivity contribution >= 4 is 28.6 Å². The first-order chi connectivity index (χ1) is 14.1. The van der Waals surface area contributed by atoms with Crippen LogP contribution in [0.4, 0.5) is 5.13 Å². The van der Waals surface area contributed by atoms with Crippen molar-refractivity contribution in [2.45, 2.75) is 13.3 Å². The lowest BCUT2D eigenvalue weighted by Gasteiger charge is -2.10. The number of hydrogen-bond acceptors (Lipinski definition) is 8. The van der Waals surface area contributed by atoms with Gasteiger partial charge in [-0.2, -0.15) is 5.10 Å². The fraction of sp³-hybridized carbons (Fsp3) is 0.200. The maximum Gasteiger partial charge on any atom is 0.247 e. The highest BCUT2D eigenvalue weighted by Crippen LogP contribution is 2.16. The third-order valence-corrected chi connectivity index (χ3v) is 4.46. The number of amides is 1. The normalized spacial score (nSPS) is 10.8. The number of rotatable bonds is 9. The molecule has 9 heteroatoms. The van der Waals surface area contributed by atoms with Crippen molar-refractivity contribution < 1.29 is 14.3 Å². The molecule has 8 nitrogen and oxygen atoms in total. The molecule has 29 heavy (non-hydrogen) atoms. The highest BCUT2D eigenvalue weighted by molar-refractivity contribution is 7.15. The molecule has 0 saturated heterocycles. The molecule has 1 aromatic heterocycles. The highest BCUT2D eigenvalue weighted by Gasteiger charge is 2.07. The highest BCUT2D eigenvalue weighted by atomic mass is 32.1. The van der Waals surface area contributed by atoms with Gasteiger partial charge in [0.1, 0.15) is 29.7 Å². The summed E-state index contributed by atoms with van der Waals surface area (Å²) in [7, 11) is 0. The number of nitrogens with two attached hydrogens (primary N) is 1. The minimum absolute atomic E-state index is 0.0701. The van der Waals surface area contributed by atoms with E-state index < -0.39 is 0 Å². The summed E-state index contributed by atoms with van der Waals surface area (Å²) in [5.41, 5.74) is 9.84. The molecule has 0 fully saturated rings. The van der Waals surface area contributed by atoms with Gasteiger partial charge in [0.25, 0.3) is 0 Å². The van der Waals surface area contributed by atoms with Crippen molar-refractivity contribution in [1.29, 1.82) is 0 Å². The van der Waals surface area contributed by atoms with Crippen molar-refractivity contribution in [2.75, 3.05) is 18.9 Å². The van der Waals surface area contributed by atoms with E-state index in [9.17, 15) is 4.79 Å². The zero-order chi connectivity index (χ0) is 20.5. The molecular weight excluding hydrogens is 390 g/mol. The minimum Gasteiger partial charge on any atom is -0.490 e. The van der Waals surface area contributed by atoms with Crippen LogP contribution in [0.3, 0.4) is 0 Å². The number of para-hydroxylation sites is 1. The number of nitrogens with one attached hydrogen (secondary N) is 1. The Morgan fingerprint density at radius 2 is 2.00 bits per heavy atom. The summed E-state index contributed by atoms with van der Waals surface area (Å²) in [6.45, 7) is 2.81. The van der Waals surface area contributed by atoms with Gasteiger partial charge in [0, 0.05) is 5.56 Å². The monoisotopic (exact) mass is 411 g/mol. The zero-order valence-electron chi connectivity index (χ0n) is 15.9. The third-order valence-electron chi connectivity index (χ3n) is 3.71. The minimum atomic E-state index is -0.303. The summed E-state index contributed by atoms with van der Waals surface area (Å²) < 4.78 is 11.5. The summed E-state index contributed by atoms with van der Waals surface area (Å²) in [4.78, 5) is 11.9. The van der Waals surface area contributed by atoms with Crippen LogP contribution in [-0.2, 0) is 11.2 Å². The maximum atomic E-state index is 11.9. The summed E-state index contributed by atoms with van der Waals surface area (Å²) in [6, 6.07) is 15.3. The molecule has 0 unspecified atom stereocenters. The Labute approximate surface area is 172 Å². The van der Waals surface area contributed by atoms with E-state index in [2.05, 4.69) is 20.7 Å². The molecule has 150 valence electrons. The zero-order valence-corrected chi connectivity index (χ0v) is 16.7. The van der Waals surface area contributed by atoms with Gasteiger partial charge in [-0.3, -0.25) is 4.79 Å². The Balaban J connectivity index is 1.47. The Hall–Kier alpha value is -3.46. The van der Waals surface area contributed by atoms with E-state index in [1.54, 1.807) is 0 Å². The van der Waals surface area contributed by atoms with Crippen LogP contribution < -0.4 is 20.6 Å². The van der Waals surface area contributed by atoms with E-state index in [0.717, 1.165) is 16.9 Å². The predicted molar refractivity (Wildman–Crippen MR) is 112 cm³/mol. The lowest BCUT2D eigenvalue weighted by atomic mass is 10.2. The van der Waals surface area contributed by atoms with Gasteiger partial charge in [0.15, 0.2) is 0 Å². The van der Waals surface area contributed by atoms with Gasteiger partial charge in [0.05, 0.1) is 12.6 Å². The molecular formula is C20H21N5O3S. The molecule has 0 saturated carbocycles. The molecule has 0 radical (unpaired) electrons. The van der Waals surface area contributed by atoms with Crippen LogP contribution in [0.15, 0.2) is 53.6 Å². The number of hydrazone groups is 1. The summed E-state index contributed by atoms with van der Waals surface area (Å²) in [5.74, 6) is 1.15. The Bertz CT molecular complexity index is 990. The average Bonchev–Trinajstić information content (AvgIpc) is 3.11. The van der Waals surface area contributed by atoms with Crippen molar-refractivity contribution in [2.24, 2.45) is 5.10 Å². The van der Waals surface area contributed by atoms with Crippen molar-refractivity contribution in [3.05, 3.63) is 64.7 Å². The number of aromatic nitrogens is 2. The average molecular weight is 411 g/mol. The second-order valence-corrected chi connectivity index (χ2v) is 7.15. The van der Waals surface area contributed by atoms with Gasteiger partial charge < -0.3 is 15.2 Å². The van der Waals surface area contributed by atoms with Gasteiger partial charge in [-0.05, 0) is 36.8 Å². The summed E-state index contributed by atoms with van der Waals surface area (Å²) in [5, 5.41) is 12.3. The maximum absolute atomic E-state index is 11.9. The van der Waals surface area contributed by atoms with Gasteiger partial charge in [-0.15, -0.1) is 10.2 Å². The van der Waals surface area contributed by atoms with E-state index in [1.165, 1.54) is 17.6 Å². The van der Waals surface area contributed by atoms with Gasteiger partial charge in [0.2, 0.25) is 11.0 Å². The molecule has 1 amide bonds. The predicted octanol–water partition coefficient (Wildman–Crippen LogP) is 2.58. The number of benzene rings is 2. The molecule has 2 aromatic carbocycles. The number of anilines is 1. The van der Waals surface area contributed by atoms with Crippen LogP contribution in [-0.4, -0.2) is 35.5 Å². The molecule has 3 aromatic rings. The van der Waals surface area contributed by atoms with Crippen LogP contribution in [0.2, 0.25) is 0 Å². The van der Waals surface area contributed by atoms with E-state index >= 15 is 0 Å². The van der Waals surface area contributed by atoms with Crippen LogP contribution in [0, 0.1) is 6.92 Å². The molecule has 0 atom stereocenters. The first-order valence-corrected chi connectivity index (χ1v) is 9.73. The number of hydrogen-bond donors (Lipinski definition) is 2. The van der Waals surface area contributed by atoms with E-state index in [4.69, 9.17) is 15.2 Å². The third kappa shape index (κ3) is 6.58. The van der Waals surface area contributed by atoms with Crippen LogP contribution >= 0.6 is 11.3 Å². The Kier molecular flexibility index (Phi) is 7.12. The van der Waals surface area contributed by atoms with Crippen LogP contribution in [0.1, 0.15) is 16.1 Å². The standard InChI is InChI=1S/C20H21N5O3S/c1-14-5-4-7-16(11-14)27-9-10-28-17-8-3-2-6-15(17)13-22-23-18(26)12-19-24-25-20(21)29-19/h2-8,11,13H,9-10,12H2,1H3,(H2,21,25)(H,23,26). The van der Waals surface area contributed by atoms with Crippen molar-refractivity contribution in [3.63, 3.8) is 0 Å². The molecule has 0 spiro atoms. The van der Waals surface area contributed by atoms with E-state index in [1.807, 2.05) is 55.5 Å². The lowest BCUT2D eigenvalue weighted by Crippen LogP contribution is -2.19. The quantitative estimate of drug-likeness (QED) is 0.318. The Morgan fingerprint density at radius 1 is 1.17 bits per heavy atom. The second kappa shape index (κ2) is 10.2. The van der Waals surface area contributed by atoms with Crippen molar-refractivity contribution in [1.82, 2.24) is 15.6 Å². The van der Waals surface area contributed by atoms with E-state index in [-0.39, 0.29) is 12.3 Å². The van der Waals surface area contributed by atoms with Crippen LogP contribution in [0.25, 0.3) is 0 Å². The number of carbonyl (C=O) groups is 1. The molecule has 1 heterocycles. The SMILES string of the molecule is Cc1cccc(OCCOc2ccccc2C=NNC(=O)Cc2nnc(N)s2)c1. The fourth-order valence-electron chi connectivity index (χ4n) is 2.42. The number of aryl methyl sites for hydroxylation is 1. The van der Waals surface area contributed by atoms with Crippen molar-refractivity contribution in [3.8, 4) is 11.5 Å². The number of carbonyl (C=O) groups excluding carboxylic acids is 1. The molecule has 3 rings (SSSR count). The molecule has 3 N–H and O–H groups in total. The first-order valence-electron chi connectivity index (χ1n) is 8.91. The smallest absolute Gasteiger partial charge is 0.247 e. The lowest BCUT2D eigenvalue weighted by molar-refractivity contribution is -0.120. The topological polar surface area (TPSA) is 112 Å². The van der Waals surface area contributed by atoms with Gasteiger partial charge in [-0.1, -0.05) is 35.6 Å². The number of ether oxygens (including phenoxy) is 2. The Morgan fingerprint density at radius 3 is 2.79 bits per heavy atom. The first kappa shape index (κ1) is 20.3. The van der Waals surface area contributed by atoms with E-state index in [0.29, 0.717) is 29.1 Å². The summed E-state index contributed by atoms with van der Waals surface area (Å²) >= 11 is 1.17. The molecule has 0 bridgehead atoms. The van der Waals surface area contributed by atoms with Crippen LogP contribution in [0.5, 0.6) is 11.5 Å². The number of nitrogens with zero attached hydrogens (tertiary/aromatic N) is 3. The molecule has 0 aliphatic rings. The van der Waals surface area contributed by atoms with Gasteiger partial charge in [-0.25, -0.2) is 5.43 Å². The number of nitrogen functional groups attached to an aromatic ring is 1. The fourth-order valence-corrected chi connectivity index (χ4v) is 3.03. The second-order valence-electron chi connectivity index (χ2n) is 6.06.